The first-order valence-corrected chi connectivity index (χ1v) is 11.1. The lowest BCUT2D eigenvalue weighted by atomic mass is 9.64. The number of fused-ring (bicyclic) bond motifs is 2. The van der Waals surface area contributed by atoms with Crippen LogP contribution in [0.4, 0.5) is 17.1 Å². The Labute approximate surface area is 192 Å². The van der Waals surface area contributed by atoms with Gasteiger partial charge in [0.2, 0.25) is 5.91 Å². The Balaban J connectivity index is 1.63. The Bertz CT molecular complexity index is 1150. The van der Waals surface area contributed by atoms with E-state index in [9.17, 15) is 19.7 Å². The molecule has 2 aliphatic rings. The molecule has 2 atom stereocenters. The van der Waals surface area contributed by atoms with Crippen molar-refractivity contribution >= 4 is 34.5 Å². The van der Waals surface area contributed by atoms with E-state index in [-0.39, 0.29) is 17.4 Å². The van der Waals surface area contributed by atoms with Crippen LogP contribution in [0, 0.1) is 26.4 Å². The number of carbonyl (C=O) groups excluding carboxylic acids is 2. The van der Waals surface area contributed by atoms with Crippen molar-refractivity contribution in [1.29, 1.82) is 0 Å². The van der Waals surface area contributed by atoms with E-state index in [1.807, 2.05) is 45.0 Å². The predicted octanol–water partition coefficient (Wildman–Crippen LogP) is 4.96. The molecule has 2 saturated carbocycles. The van der Waals surface area contributed by atoms with E-state index < -0.39 is 21.2 Å². The molecule has 2 bridgehead atoms. The SMILES string of the molecule is CCc1ccc(NC(=O)C23CCC(C)(C(=NNc4ccc([N+](=O)[O-])cc4)C2=O)C3(C)C)cc1. The first kappa shape index (κ1) is 22.6. The van der Waals surface area contributed by atoms with E-state index in [0.717, 1.165) is 6.42 Å². The molecule has 1 amide bonds. The molecule has 0 aromatic heterocycles. The molecule has 0 aliphatic heterocycles. The molecular formula is C25H28N4O4. The normalized spacial score (nSPS) is 26.4. The van der Waals surface area contributed by atoms with Crippen molar-refractivity contribution in [1.82, 2.24) is 0 Å². The van der Waals surface area contributed by atoms with Crippen molar-refractivity contribution in [3.8, 4) is 0 Å². The van der Waals surface area contributed by atoms with Crippen LogP contribution in [0.3, 0.4) is 0 Å². The number of non-ortho nitro benzene ring substituents is 1. The van der Waals surface area contributed by atoms with Gasteiger partial charge in [0.05, 0.1) is 10.6 Å². The highest BCUT2D eigenvalue weighted by Gasteiger charge is 2.76. The number of Topliss-reactive ketones (excluding diaryl/α,β-unsaturated/α-hetero) is 1. The highest BCUT2D eigenvalue weighted by molar-refractivity contribution is 6.51. The Kier molecular flexibility index (Phi) is 5.35. The molecule has 8 heteroatoms. The maximum atomic E-state index is 13.7. The standard InChI is InChI=1S/C25H28N4O4/c1-5-16-6-8-17(9-7-16)26-22(31)25-15-14-24(4,23(25,2)3)20(21(25)30)28-27-18-10-12-19(13-11-18)29(32)33/h6-13,27H,5,14-15H2,1-4H3,(H,26,31). The van der Waals surface area contributed by atoms with Crippen LogP contribution in [0.2, 0.25) is 0 Å². The van der Waals surface area contributed by atoms with Gasteiger partial charge in [0, 0.05) is 23.2 Å². The summed E-state index contributed by atoms with van der Waals surface area (Å²) in [6, 6.07) is 13.5. The maximum absolute atomic E-state index is 13.7. The van der Waals surface area contributed by atoms with Gasteiger partial charge in [-0.25, -0.2) is 0 Å². The summed E-state index contributed by atoms with van der Waals surface area (Å²) in [6.45, 7) is 7.98. The largest absolute Gasteiger partial charge is 0.325 e. The number of hydrogen-bond donors (Lipinski definition) is 2. The molecule has 2 fully saturated rings. The average Bonchev–Trinajstić information content (AvgIpc) is 3.07. The third-order valence-electron chi connectivity index (χ3n) is 7.95. The first-order valence-electron chi connectivity index (χ1n) is 11.1. The van der Waals surface area contributed by atoms with Gasteiger partial charge in [-0.3, -0.25) is 25.1 Å². The number of aryl methyl sites for hydroxylation is 1. The number of nitro benzene ring substituents is 1. The van der Waals surface area contributed by atoms with Crippen molar-refractivity contribution < 1.29 is 14.5 Å². The second-order valence-corrected chi connectivity index (χ2v) is 9.57. The molecule has 33 heavy (non-hydrogen) atoms. The third kappa shape index (κ3) is 3.23. The summed E-state index contributed by atoms with van der Waals surface area (Å²) in [7, 11) is 0. The lowest BCUT2D eigenvalue weighted by Crippen LogP contribution is -2.47. The number of ketones is 1. The van der Waals surface area contributed by atoms with Crippen molar-refractivity contribution in [3.63, 3.8) is 0 Å². The van der Waals surface area contributed by atoms with Gasteiger partial charge >= 0.3 is 0 Å². The van der Waals surface area contributed by atoms with Crippen LogP contribution >= 0.6 is 0 Å². The van der Waals surface area contributed by atoms with Crippen LogP contribution in [-0.4, -0.2) is 22.3 Å². The summed E-state index contributed by atoms with van der Waals surface area (Å²) in [4.78, 5) is 37.6. The second-order valence-electron chi connectivity index (χ2n) is 9.57. The minimum absolute atomic E-state index is 0.0279. The van der Waals surface area contributed by atoms with Gasteiger partial charge < -0.3 is 5.32 Å². The van der Waals surface area contributed by atoms with Crippen molar-refractivity contribution in [2.75, 3.05) is 10.7 Å². The predicted molar refractivity (Wildman–Crippen MR) is 127 cm³/mol. The van der Waals surface area contributed by atoms with Crippen LogP contribution in [0.5, 0.6) is 0 Å². The number of rotatable bonds is 6. The van der Waals surface area contributed by atoms with Crippen molar-refractivity contribution in [2.45, 2.75) is 47.0 Å². The summed E-state index contributed by atoms with van der Waals surface area (Å²) in [5.41, 5.74) is 3.11. The van der Waals surface area contributed by atoms with Gasteiger partial charge in [0.15, 0.2) is 5.78 Å². The Morgan fingerprint density at radius 3 is 2.21 bits per heavy atom. The van der Waals surface area contributed by atoms with E-state index in [1.165, 1.54) is 29.8 Å². The van der Waals surface area contributed by atoms with Crippen molar-refractivity contribution in [3.05, 3.63) is 64.2 Å². The molecule has 0 saturated heterocycles. The molecule has 172 valence electrons. The molecule has 0 heterocycles. The Morgan fingerprint density at radius 2 is 1.64 bits per heavy atom. The van der Waals surface area contributed by atoms with E-state index in [2.05, 4.69) is 22.8 Å². The Hall–Kier alpha value is -3.55. The van der Waals surface area contributed by atoms with Crippen LogP contribution < -0.4 is 10.7 Å². The van der Waals surface area contributed by atoms with Crippen LogP contribution in [0.1, 0.15) is 46.1 Å². The molecule has 2 aliphatic carbocycles. The zero-order chi connectivity index (χ0) is 24.0. The van der Waals surface area contributed by atoms with Gasteiger partial charge in [-0.2, -0.15) is 5.10 Å². The molecular weight excluding hydrogens is 420 g/mol. The van der Waals surface area contributed by atoms with E-state index in [1.54, 1.807) is 0 Å². The lowest BCUT2D eigenvalue weighted by Gasteiger charge is -2.37. The van der Waals surface area contributed by atoms with Crippen LogP contribution in [0.15, 0.2) is 53.6 Å². The van der Waals surface area contributed by atoms with Gasteiger partial charge in [-0.05, 0) is 54.5 Å². The monoisotopic (exact) mass is 448 g/mol. The Morgan fingerprint density at radius 1 is 1.03 bits per heavy atom. The quantitative estimate of drug-likeness (QED) is 0.368. The van der Waals surface area contributed by atoms with E-state index in [4.69, 9.17) is 0 Å². The first-order chi connectivity index (χ1) is 15.6. The summed E-state index contributed by atoms with van der Waals surface area (Å²) in [6.07, 6.45) is 2.03. The van der Waals surface area contributed by atoms with Gasteiger partial charge in [0.25, 0.3) is 5.69 Å². The summed E-state index contributed by atoms with van der Waals surface area (Å²) in [5.74, 6) is -0.565. The number of nitrogens with one attached hydrogen (secondary N) is 2. The minimum atomic E-state index is -1.21. The molecule has 8 nitrogen and oxygen atoms in total. The van der Waals surface area contributed by atoms with Crippen molar-refractivity contribution in [2.24, 2.45) is 21.3 Å². The number of nitro groups is 1. The third-order valence-corrected chi connectivity index (χ3v) is 7.95. The van der Waals surface area contributed by atoms with E-state index >= 15 is 0 Å². The minimum Gasteiger partial charge on any atom is -0.325 e. The highest BCUT2D eigenvalue weighted by atomic mass is 16.6. The number of amides is 1. The number of hydrogen-bond acceptors (Lipinski definition) is 6. The molecule has 0 spiro atoms. The zero-order valence-corrected chi connectivity index (χ0v) is 19.3. The fourth-order valence-corrected chi connectivity index (χ4v) is 5.31. The number of carbonyl (C=O) groups is 2. The summed E-state index contributed by atoms with van der Waals surface area (Å²) >= 11 is 0. The second kappa shape index (κ2) is 7.79. The zero-order valence-electron chi connectivity index (χ0n) is 19.3. The maximum Gasteiger partial charge on any atom is 0.269 e. The molecule has 4 rings (SSSR count). The summed E-state index contributed by atoms with van der Waals surface area (Å²) < 4.78 is 0. The smallest absolute Gasteiger partial charge is 0.269 e. The van der Waals surface area contributed by atoms with Gasteiger partial charge in [-0.15, -0.1) is 0 Å². The average molecular weight is 449 g/mol. The lowest BCUT2D eigenvalue weighted by molar-refractivity contribution is -0.384. The van der Waals surface area contributed by atoms with Crippen LogP contribution in [0.25, 0.3) is 0 Å². The molecule has 0 radical (unpaired) electrons. The number of anilines is 2. The van der Waals surface area contributed by atoms with Gasteiger partial charge in [0.1, 0.15) is 11.1 Å². The fraction of sp³-hybridized carbons (Fsp3) is 0.400. The molecule has 2 aromatic carbocycles. The molecule has 2 N–H and O–H groups in total. The summed E-state index contributed by atoms with van der Waals surface area (Å²) in [5, 5.41) is 18.3. The fourth-order valence-electron chi connectivity index (χ4n) is 5.31. The molecule has 2 unspecified atom stereocenters. The van der Waals surface area contributed by atoms with E-state index in [0.29, 0.717) is 29.9 Å². The highest BCUT2D eigenvalue weighted by Crippen LogP contribution is 2.69. The van der Waals surface area contributed by atoms with Gasteiger partial charge in [-0.1, -0.05) is 39.8 Å². The number of benzene rings is 2. The number of hydrazone groups is 1. The molecule has 2 aromatic rings. The number of nitrogens with zero attached hydrogens (tertiary/aromatic N) is 2. The van der Waals surface area contributed by atoms with Crippen LogP contribution in [-0.2, 0) is 16.0 Å². The topological polar surface area (TPSA) is 114 Å².